The summed E-state index contributed by atoms with van der Waals surface area (Å²) in [5.74, 6) is -1.22. The van der Waals surface area contributed by atoms with Crippen LogP contribution in [0, 0.1) is 36.5 Å². The van der Waals surface area contributed by atoms with E-state index in [2.05, 4.69) is 10.9 Å². The summed E-state index contributed by atoms with van der Waals surface area (Å²) in [6.45, 7) is 5.11. The number of hydrogen-bond donors (Lipinski definition) is 2. The number of amides is 3. The van der Waals surface area contributed by atoms with E-state index in [1.807, 2.05) is 0 Å². The number of nitrogens with zero attached hydrogens (tertiary/aromatic N) is 3. The molecule has 3 amide bonds. The summed E-state index contributed by atoms with van der Waals surface area (Å²) < 4.78 is 0. The van der Waals surface area contributed by atoms with Crippen LogP contribution in [0.1, 0.15) is 40.0 Å². The molecule has 2 N–H and O–H groups in total. The molecule has 1 aliphatic heterocycles. The summed E-state index contributed by atoms with van der Waals surface area (Å²) in [6.07, 6.45) is 0.732. The number of hydrazine groups is 1. The summed E-state index contributed by atoms with van der Waals surface area (Å²) in [7, 11) is 1.44. The zero-order chi connectivity index (χ0) is 23.4. The Labute approximate surface area is 177 Å². The second-order valence-electron chi connectivity index (χ2n) is 9.18. The molecule has 0 aromatic heterocycles. The third kappa shape index (κ3) is 3.57. The summed E-state index contributed by atoms with van der Waals surface area (Å²) >= 11 is 0. The third-order valence-corrected chi connectivity index (χ3v) is 6.23. The van der Waals surface area contributed by atoms with Gasteiger partial charge in [-0.05, 0) is 25.3 Å². The number of piperidine rings is 1. The van der Waals surface area contributed by atoms with Crippen LogP contribution < -0.4 is 10.9 Å². The van der Waals surface area contributed by atoms with Crippen molar-refractivity contribution in [2.45, 2.75) is 40.0 Å². The average Bonchev–Trinajstić information content (AvgIpc) is 2.68. The highest BCUT2D eigenvalue weighted by Crippen LogP contribution is 2.58. The Kier molecular flexibility index (Phi) is 4.99. The minimum atomic E-state index is -1.10. The molecule has 2 fully saturated rings. The van der Waals surface area contributed by atoms with Crippen LogP contribution in [-0.2, 0) is 14.4 Å². The molecular formula is C19H23N5O7. The largest absolute Gasteiger partial charge is 0.300 e. The van der Waals surface area contributed by atoms with Crippen LogP contribution in [0.2, 0.25) is 0 Å². The van der Waals surface area contributed by atoms with Crippen LogP contribution in [0.25, 0.3) is 0 Å². The molecular weight excluding hydrogens is 410 g/mol. The summed E-state index contributed by atoms with van der Waals surface area (Å²) in [4.78, 5) is 60.2. The maximum Gasteiger partial charge on any atom is 0.300 e. The van der Waals surface area contributed by atoms with Crippen LogP contribution in [0.4, 0.5) is 17.1 Å². The van der Waals surface area contributed by atoms with Gasteiger partial charge >= 0.3 is 5.69 Å². The minimum absolute atomic E-state index is 0.132. The smallest absolute Gasteiger partial charge is 0.292 e. The summed E-state index contributed by atoms with van der Waals surface area (Å²) in [6, 6.07) is 2.99. The number of likely N-dealkylation sites (tertiary alicyclic amines) is 1. The first kappa shape index (κ1) is 22.1. The van der Waals surface area contributed by atoms with Crippen LogP contribution in [0.3, 0.4) is 0 Å². The van der Waals surface area contributed by atoms with E-state index in [4.69, 9.17) is 0 Å². The van der Waals surface area contributed by atoms with Crippen LogP contribution in [0.5, 0.6) is 0 Å². The van der Waals surface area contributed by atoms with Gasteiger partial charge in [0, 0.05) is 23.9 Å². The SMILES string of the molecule is CN1C(=O)C2(C)CC(C)(C(=O)NNc3ccc([N+](=O)[O-])cc3[N+](=O)[O-])CC(C)(C2)C1=O. The van der Waals surface area contributed by atoms with E-state index in [1.54, 1.807) is 20.8 Å². The van der Waals surface area contributed by atoms with Crippen LogP contribution >= 0.6 is 0 Å². The monoisotopic (exact) mass is 433 g/mol. The molecule has 2 unspecified atom stereocenters. The second-order valence-corrected chi connectivity index (χ2v) is 9.18. The molecule has 1 saturated heterocycles. The number of anilines is 1. The van der Waals surface area contributed by atoms with Gasteiger partial charge in [-0.2, -0.15) is 0 Å². The van der Waals surface area contributed by atoms with E-state index >= 15 is 0 Å². The van der Waals surface area contributed by atoms with Crippen molar-refractivity contribution in [3.05, 3.63) is 38.4 Å². The molecule has 1 aliphatic carbocycles. The molecule has 12 nitrogen and oxygen atoms in total. The number of nitro benzene ring substituents is 2. The Morgan fingerprint density at radius 1 is 1.00 bits per heavy atom. The van der Waals surface area contributed by atoms with Crippen molar-refractivity contribution >= 4 is 34.8 Å². The first-order valence-electron chi connectivity index (χ1n) is 9.54. The van der Waals surface area contributed by atoms with Gasteiger partial charge in [0.1, 0.15) is 5.69 Å². The molecule has 1 heterocycles. The molecule has 2 aliphatic rings. The van der Waals surface area contributed by atoms with E-state index < -0.39 is 43.4 Å². The number of carbonyl (C=O) groups is 3. The zero-order valence-corrected chi connectivity index (χ0v) is 17.6. The van der Waals surface area contributed by atoms with Gasteiger partial charge in [0.2, 0.25) is 17.7 Å². The van der Waals surface area contributed by atoms with Crippen LogP contribution in [0.15, 0.2) is 18.2 Å². The van der Waals surface area contributed by atoms with E-state index in [1.165, 1.54) is 7.05 Å². The Hall–Kier alpha value is -3.57. The maximum absolute atomic E-state index is 13.1. The van der Waals surface area contributed by atoms with E-state index in [-0.39, 0.29) is 30.3 Å². The first-order valence-corrected chi connectivity index (χ1v) is 9.54. The fraction of sp³-hybridized carbons (Fsp3) is 0.526. The number of non-ortho nitro benzene ring substituents is 1. The maximum atomic E-state index is 13.1. The quantitative estimate of drug-likeness (QED) is 0.405. The molecule has 12 heteroatoms. The number of nitrogens with one attached hydrogen (secondary N) is 2. The first-order chi connectivity index (χ1) is 14.2. The van der Waals surface area contributed by atoms with Crippen molar-refractivity contribution in [1.82, 2.24) is 10.3 Å². The Balaban J connectivity index is 1.84. The Morgan fingerprint density at radius 2 is 1.55 bits per heavy atom. The molecule has 1 aromatic carbocycles. The van der Waals surface area contributed by atoms with Crippen molar-refractivity contribution in [1.29, 1.82) is 0 Å². The number of imide groups is 1. The van der Waals surface area contributed by atoms with Crippen molar-refractivity contribution in [3.63, 3.8) is 0 Å². The third-order valence-electron chi connectivity index (χ3n) is 6.23. The van der Waals surface area contributed by atoms with E-state index in [0.717, 1.165) is 23.1 Å². The van der Waals surface area contributed by atoms with E-state index in [0.29, 0.717) is 6.42 Å². The number of benzene rings is 1. The van der Waals surface area contributed by atoms with Gasteiger partial charge < -0.3 is 0 Å². The normalized spacial score (nSPS) is 30.0. The molecule has 31 heavy (non-hydrogen) atoms. The van der Waals surface area contributed by atoms with Crippen molar-refractivity contribution in [2.75, 3.05) is 12.5 Å². The second kappa shape index (κ2) is 7.00. The predicted octanol–water partition coefficient (Wildman–Crippen LogP) is 2.15. The van der Waals surface area contributed by atoms with Gasteiger partial charge in [-0.15, -0.1) is 0 Å². The van der Waals surface area contributed by atoms with Crippen molar-refractivity contribution in [2.24, 2.45) is 16.2 Å². The highest BCUT2D eigenvalue weighted by molar-refractivity contribution is 6.04. The van der Waals surface area contributed by atoms with Gasteiger partial charge in [-0.25, -0.2) is 0 Å². The van der Waals surface area contributed by atoms with E-state index in [9.17, 15) is 34.6 Å². The number of hydrogen-bond acceptors (Lipinski definition) is 8. The number of carbonyl (C=O) groups excluding carboxylic acids is 3. The lowest BCUT2D eigenvalue weighted by molar-refractivity contribution is -0.393. The van der Waals surface area contributed by atoms with Gasteiger partial charge in [0.25, 0.3) is 5.69 Å². The lowest BCUT2D eigenvalue weighted by atomic mass is 9.51. The molecule has 166 valence electrons. The molecule has 1 aromatic rings. The lowest BCUT2D eigenvalue weighted by Crippen LogP contribution is -2.64. The molecule has 2 bridgehead atoms. The molecule has 1 saturated carbocycles. The van der Waals surface area contributed by atoms with Gasteiger partial charge in [-0.3, -0.25) is 50.4 Å². The van der Waals surface area contributed by atoms with Crippen molar-refractivity contribution in [3.8, 4) is 0 Å². The Morgan fingerprint density at radius 3 is 2.03 bits per heavy atom. The lowest BCUT2D eigenvalue weighted by Gasteiger charge is -2.55. The standard InChI is InChI=1S/C19H23N5O7/c1-17(8-18(2)10-19(3,9-17)16(27)22(4)15(18)26)14(25)21-20-12-6-5-11(23(28)29)7-13(12)24(30)31/h5-7,20H,8-10H2,1-4H3,(H,21,25). The highest BCUT2D eigenvalue weighted by atomic mass is 16.6. The number of nitro groups is 2. The van der Waals surface area contributed by atoms with Gasteiger partial charge in [0.05, 0.1) is 21.3 Å². The Bertz CT molecular complexity index is 995. The van der Waals surface area contributed by atoms with Gasteiger partial charge in [0.15, 0.2) is 0 Å². The summed E-state index contributed by atoms with van der Waals surface area (Å²) in [5, 5.41) is 22.1. The average molecular weight is 433 g/mol. The molecule has 2 atom stereocenters. The van der Waals surface area contributed by atoms with Crippen LogP contribution in [-0.4, -0.2) is 39.5 Å². The zero-order valence-electron chi connectivity index (χ0n) is 17.6. The predicted molar refractivity (Wildman–Crippen MR) is 107 cm³/mol. The van der Waals surface area contributed by atoms with Crippen molar-refractivity contribution < 1.29 is 24.2 Å². The number of fused-ring (bicyclic) bond motifs is 2. The minimum Gasteiger partial charge on any atom is -0.292 e. The molecule has 3 rings (SSSR count). The topological polar surface area (TPSA) is 165 Å². The fourth-order valence-electron chi connectivity index (χ4n) is 5.30. The summed E-state index contributed by atoms with van der Waals surface area (Å²) in [5.41, 5.74) is 0.806. The highest BCUT2D eigenvalue weighted by Gasteiger charge is 2.62. The number of rotatable bonds is 5. The molecule has 0 radical (unpaired) electrons. The fourth-order valence-corrected chi connectivity index (χ4v) is 5.30. The van der Waals surface area contributed by atoms with Gasteiger partial charge in [-0.1, -0.05) is 20.8 Å². The molecule has 0 spiro atoms.